The molecule has 2 N–H and O–H groups in total. The number of nitrogens with zero attached hydrogens (tertiary/aromatic N) is 2. The first-order chi connectivity index (χ1) is 9.38. The molecule has 0 saturated carbocycles. The van der Waals surface area contributed by atoms with Gasteiger partial charge in [-0.05, 0) is 36.2 Å². The van der Waals surface area contributed by atoms with E-state index in [0.29, 0.717) is 0 Å². The lowest BCUT2D eigenvalue weighted by atomic mass is 10.2. The van der Waals surface area contributed by atoms with Crippen molar-refractivity contribution >= 4 is 0 Å². The minimum atomic E-state index is 0.738. The van der Waals surface area contributed by atoms with Gasteiger partial charge in [-0.25, -0.2) is 0 Å². The number of hydrogen-bond donors (Lipinski definition) is 1. The van der Waals surface area contributed by atoms with E-state index >= 15 is 0 Å². The Balaban J connectivity index is 1.99. The molecule has 0 unspecified atom stereocenters. The number of hydrogen-bond acceptors (Lipinski definition) is 3. The Bertz CT molecular complexity index is 414. The molecule has 0 spiro atoms. The van der Waals surface area contributed by atoms with Crippen LogP contribution in [0.2, 0.25) is 0 Å². The summed E-state index contributed by atoms with van der Waals surface area (Å²) in [5.74, 6) is 0. The highest BCUT2D eigenvalue weighted by Crippen LogP contribution is 2.09. The molecule has 3 nitrogen and oxygen atoms in total. The van der Waals surface area contributed by atoms with Gasteiger partial charge in [0.05, 0.1) is 0 Å². The highest BCUT2D eigenvalue weighted by atomic mass is 15.1. The average Bonchev–Trinajstić information content (AvgIpc) is 2.47. The maximum Gasteiger partial charge on any atom is 0.0271 e. The van der Waals surface area contributed by atoms with Crippen molar-refractivity contribution in [3.63, 3.8) is 0 Å². The number of benzene rings is 1. The average molecular weight is 255 g/mol. The molecule has 0 aliphatic rings. The summed E-state index contributed by atoms with van der Waals surface area (Å²) in [6, 6.07) is 14.7. The summed E-state index contributed by atoms with van der Waals surface area (Å²) in [6.45, 7) is 3.66. The van der Waals surface area contributed by atoms with Gasteiger partial charge in [-0.15, -0.1) is 0 Å². The SMILES string of the molecule is NCCCN(Cc1ccccc1)Cc1ccncc1. The summed E-state index contributed by atoms with van der Waals surface area (Å²) >= 11 is 0. The van der Waals surface area contributed by atoms with Crippen molar-refractivity contribution in [2.24, 2.45) is 5.73 Å². The molecule has 1 aromatic heterocycles. The molecular weight excluding hydrogens is 234 g/mol. The number of pyridine rings is 1. The second-order valence-electron chi connectivity index (χ2n) is 4.69. The molecule has 1 aromatic carbocycles. The van der Waals surface area contributed by atoms with Crippen LogP contribution < -0.4 is 5.73 Å². The van der Waals surface area contributed by atoms with E-state index in [4.69, 9.17) is 5.73 Å². The first-order valence-electron chi connectivity index (χ1n) is 6.74. The summed E-state index contributed by atoms with van der Waals surface area (Å²) in [5, 5.41) is 0. The van der Waals surface area contributed by atoms with E-state index in [9.17, 15) is 0 Å². The predicted octanol–water partition coefficient (Wildman–Crippen LogP) is 2.43. The summed E-state index contributed by atoms with van der Waals surface area (Å²) in [6.07, 6.45) is 4.72. The number of aromatic nitrogens is 1. The molecular formula is C16H21N3. The Hall–Kier alpha value is -1.71. The molecule has 0 fully saturated rings. The van der Waals surface area contributed by atoms with Gasteiger partial charge in [-0.3, -0.25) is 9.88 Å². The minimum absolute atomic E-state index is 0.738. The summed E-state index contributed by atoms with van der Waals surface area (Å²) in [4.78, 5) is 6.49. The van der Waals surface area contributed by atoms with E-state index in [-0.39, 0.29) is 0 Å². The zero-order valence-corrected chi connectivity index (χ0v) is 11.2. The van der Waals surface area contributed by atoms with Crippen LogP contribution in [0, 0.1) is 0 Å². The van der Waals surface area contributed by atoms with Crippen molar-refractivity contribution in [1.82, 2.24) is 9.88 Å². The fraction of sp³-hybridized carbons (Fsp3) is 0.312. The van der Waals surface area contributed by atoms with Crippen LogP contribution >= 0.6 is 0 Å². The van der Waals surface area contributed by atoms with Crippen molar-refractivity contribution in [3.8, 4) is 0 Å². The van der Waals surface area contributed by atoms with Crippen molar-refractivity contribution in [2.45, 2.75) is 19.5 Å². The van der Waals surface area contributed by atoms with Gasteiger partial charge in [0.1, 0.15) is 0 Å². The Morgan fingerprint density at radius 2 is 1.53 bits per heavy atom. The first-order valence-corrected chi connectivity index (χ1v) is 6.74. The van der Waals surface area contributed by atoms with Gasteiger partial charge in [0.2, 0.25) is 0 Å². The topological polar surface area (TPSA) is 42.1 Å². The van der Waals surface area contributed by atoms with E-state index in [2.05, 4.69) is 52.3 Å². The van der Waals surface area contributed by atoms with Crippen molar-refractivity contribution in [3.05, 3.63) is 66.0 Å². The van der Waals surface area contributed by atoms with Crippen LogP contribution in [0.4, 0.5) is 0 Å². The van der Waals surface area contributed by atoms with Gasteiger partial charge in [0, 0.05) is 32.0 Å². The Morgan fingerprint density at radius 3 is 2.16 bits per heavy atom. The molecule has 0 atom stereocenters. The largest absolute Gasteiger partial charge is 0.330 e. The van der Waals surface area contributed by atoms with E-state index in [1.807, 2.05) is 12.4 Å². The third-order valence-corrected chi connectivity index (χ3v) is 3.08. The fourth-order valence-electron chi connectivity index (χ4n) is 2.12. The summed E-state index contributed by atoms with van der Waals surface area (Å²) < 4.78 is 0. The number of nitrogens with two attached hydrogens (primary N) is 1. The lowest BCUT2D eigenvalue weighted by Gasteiger charge is -2.22. The van der Waals surface area contributed by atoms with Crippen LogP contribution in [0.15, 0.2) is 54.9 Å². The second kappa shape index (κ2) is 7.67. The molecule has 0 amide bonds. The third kappa shape index (κ3) is 4.81. The lowest BCUT2D eigenvalue weighted by Crippen LogP contribution is -2.25. The molecule has 0 aliphatic carbocycles. The standard InChI is InChI=1S/C16H21N3/c17-9-4-12-19(13-15-5-2-1-3-6-15)14-16-7-10-18-11-8-16/h1-3,5-8,10-11H,4,9,12-14,17H2. The Labute approximate surface area is 115 Å². The van der Waals surface area contributed by atoms with Crippen LogP contribution in [0.1, 0.15) is 17.5 Å². The summed E-state index contributed by atoms with van der Waals surface area (Å²) in [7, 11) is 0. The maximum absolute atomic E-state index is 5.63. The van der Waals surface area contributed by atoms with Crippen LogP contribution in [-0.4, -0.2) is 23.0 Å². The van der Waals surface area contributed by atoms with Gasteiger partial charge in [0.25, 0.3) is 0 Å². The molecule has 0 saturated heterocycles. The molecule has 19 heavy (non-hydrogen) atoms. The van der Waals surface area contributed by atoms with Gasteiger partial charge in [-0.1, -0.05) is 30.3 Å². The van der Waals surface area contributed by atoms with Gasteiger partial charge >= 0.3 is 0 Å². The molecule has 1 heterocycles. The van der Waals surface area contributed by atoms with Crippen molar-refractivity contribution in [1.29, 1.82) is 0 Å². The number of rotatable bonds is 7. The van der Waals surface area contributed by atoms with E-state index in [0.717, 1.165) is 32.6 Å². The highest BCUT2D eigenvalue weighted by molar-refractivity contribution is 5.15. The molecule has 2 aromatic rings. The zero-order valence-electron chi connectivity index (χ0n) is 11.2. The van der Waals surface area contributed by atoms with Gasteiger partial charge in [-0.2, -0.15) is 0 Å². The minimum Gasteiger partial charge on any atom is -0.330 e. The van der Waals surface area contributed by atoms with E-state index in [1.54, 1.807) is 0 Å². The highest BCUT2D eigenvalue weighted by Gasteiger charge is 2.06. The van der Waals surface area contributed by atoms with E-state index < -0.39 is 0 Å². The lowest BCUT2D eigenvalue weighted by molar-refractivity contribution is 0.255. The first kappa shape index (κ1) is 13.7. The van der Waals surface area contributed by atoms with Crippen LogP contribution in [0.5, 0.6) is 0 Å². The van der Waals surface area contributed by atoms with Crippen LogP contribution in [-0.2, 0) is 13.1 Å². The quantitative estimate of drug-likeness (QED) is 0.826. The van der Waals surface area contributed by atoms with Crippen LogP contribution in [0.25, 0.3) is 0 Å². The molecule has 2 rings (SSSR count). The summed E-state index contributed by atoms with van der Waals surface area (Å²) in [5.41, 5.74) is 8.26. The zero-order chi connectivity index (χ0) is 13.3. The van der Waals surface area contributed by atoms with Gasteiger partial charge < -0.3 is 5.73 Å². The Morgan fingerprint density at radius 1 is 0.895 bits per heavy atom. The van der Waals surface area contributed by atoms with Crippen LogP contribution in [0.3, 0.4) is 0 Å². The molecule has 3 heteroatoms. The van der Waals surface area contributed by atoms with Gasteiger partial charge in [0.15, 0.2) is 0 Å². The second-order valence-corrected chi connectivity index (χ2v) is 4.69. The fourth-order valence-corrected chi connectivity index (χ4v) is 2.12. The molecule has 0 aliphatic heterocycles. The third-order valence-electron chi connectivity index (χ3n) is 3.08. The normalized spacial score (nSPS) is 10.8. The maximum atomic E-state index is 5.63. The van der Waals surface area contributed by atoms with Crippen molar-refractivity contribution in [2.75, 3.05) is 13.1 Å². The molecule has 0 radical (unpaired) electrons. The monoisotopic (exact) mass is 255 g/mol. The Kier molecular flexibility index (Phi) is 5.53. The van der Waals surface area contributed by atoms with E-state index in [1.165, 1.54) is 11.1 Å². The van der Waals surface area contributed by atoms with Crippen molar-refractivity contribution < 1.29 is 0 Å². The molecule has 0 bridgehead atoms. The smallest absolute Gasteiger partial charge is 0.0271 e. The predicted molar refractivity (Wildman–Crippen MR) is 78.5 cm³/mol. The molecule has 100 valence electrons.